The van der Waals surface area contributed by atoms with Gasteiger partial charge in [-0.25, -0.2) is 0 Å². The molecule has 0 aliphatic heterocycles. The zero-order valence-electron chi connectivity index (χ0n) is 10.1. The zero-order chi connectivity index (χ0) is 12.4. The number of carbonyl (C=O) groups excluding carboxylic acids is 1. The molecule has 0 aliphatic carbocycles. The van der Waals surface area contributed by atoms with Gasteiger partial charge in [0.2, 0.25) is 0 Å². The third kappa shape index (κ3) is 5.91. The van der Waals surface area contributed by atoms with Crippen LogP contribution in [0.15, 0.2) is 24.3 Å². The first-order chi connectivity index (χ1) is 7.76. The Kier molecular flexibility index (Phi) is 8.91. The highest BCUT2D eigenvalue weighted by Crippen LogP contribution is 2.08. The van der Waals surface area contributed by atoms with Crippen LogP contribution in [-0.2, 0) is 21.3 Å². The number of hydrogen-bond acceptors (Lipinski definition) is 2. The Balaban J connectivity index is 0.00000106. The molecular formula is C13H19BrO2. The number of halogens is 1. The molecule has 1 aromatic rings. The lowest BCUT2D eigenvalue weighted by Crippen LogP contribution is -2.07. The minimum atomic E-state index is -0.168. The number of alkyl halides is 1. The molecule has 0 spiro atoms. The number of rotatable bonds is 4. The lowest BCUT2D eigenvalue weighted by molar-refractivity contribution is -0.142. The van der Waals surface area contributed by atoms with E-state index in [1.807, 2.05) is 45.0 Å². The summed E-state index contributed by atoms with van der Waals surface area (Å²) in [5.74, 6) is -0.168. The van der Waals surface area contributed by atoms with Crippen LogP contribution >= 0.6 is 15.9 Å². The van der Waals surface area contributed by atoms with Crippen molar-refractivity contribution in [3.05, 3.63) is 35.4 Å². The van der Waals surface area contributed by atoms with E-state index in [0.717, 1.165) is 10.9 Å². The van der Waals surface area contributed by atoms with Gasteiger partial charge in [0, 0.05) is 5.33 Å². The highest BCUT2D eigenvalue weighted by molar-refractivity contribution is 9.08. The molecule has 0 aromatic heterocycles. The molecular weight excluding hydrogens is 268 g/mol. The van der Waals surface area contributed by atoms with Gasteiger partial charge in [-0.3, -0.25) is 4.79 Å². The molecule has 90 valence electrons. The molecule has 0 atom stereocenters. The van der Waals surface area contributed by atoms with Crippen LogP contribution in [0.5, 0.6) is 0 Å². The lowest BCUT2D eigenvalue weighted by Gasteiger charge is -2.02. The molecule has 1 aromatic carbocycles. The second kappa shape index (κ2) is 9.40. The highest BCUT2D eigenvalue weighted by atomic mass is 79.9. The van der Waals surface area contributed by atoms with Crippen LogP contribution in [0.3, 0.4) is 0 Å². The number of benzene rings is 1. The summed E-state index contributed by atoms with van der Waals surface area (Å²) in [6.07, 6.45) is 0.358. The molecule has 0 saturated heterocycles. The highest BCUT2D eigenvalue weighted by Gasteiger charge is 2.02. The number of carbonyl (C=O) groups is 1. The average Bonchev–Trinajstić information content (AvgIpc) is 2.33. The van der Waals surface area contributed by atoms with E-state index in [2.05, 4.69) is 15.9 Å². The van der Waals surface area contributed by atoms with Gasteiger partial charge < -0.3 is 4.74 Å². The summed E-state index contributed by atoms with van der Waals surface area (Å²) in [5, 5.41) is 0.840. The summed E-state index contributed by atoms with van der Waals surface area (Å²) in [6.45, 7) is 6.25. The van der Waals surface area contributed by atoms with Gasteiger partial charge in [-0.1, -0.05) is 54.0 Å². The summed E-state index contributed by atoms with van der Waals surface area (Å²) >= 11 is 3.37. The van der Waals surface area contributed by atoms with E-state index in [0.29, 0.717) is 13.0 Å². The zero-order valence-corrected chi connectivity index (χ0v) is 11.7. The van der Waals surface area contributed by atoms with Crippen molar-refractivity contribution in [3.8, 4) is 0 Å². The van der Waals surface area contributed by atoms with Crippen molar-refractivity contribution < 1.29 is 9.53 Å². The molecule has 0 heterocycles. The first-order valence-electron chi connectivity index (χ1n) is 5.55. The second-order valence-corrected chi connectivity index (χ2v) is 3.49. The van der Waals surface area contributed by atoms with Gasteiger partial charge in [-0.2, -0.15) is 0 Å². The minimum absolute atomic E-state index is 0.168. The molecule has 0 aliphatic rings. The fourth-order valence-electron chi connectivity index (χ4n) is 1.12. The fourth-order valence-corrected chi connectivity index (χ4v) is 1.50. The number of esters is 1. The van der Waals surface area contributed by atoms with Gasteiger partial charge >= 0.3 is 5.97 Å². The van der Waals surface area contributed by atoms with Gasteiger partial charge in [0.05, 0.1) is 13.0 Å². The van der Waals surface area contributed by atoms with Gasteiger partial charge in [0.15, 0.2) is 0 Å². The third-order valence-corrected chi connectivity index (χ3v) is 2.48. The molecule has 0 saturated carbocycles. The Morgan fingerprint density at radius 2 is 1.69 bits per heavy atom. The van der Waals surface area contributed by atoms with Crippen LogP contribution in [0.4, 0.5) is 0 Å². The van der Waals surface area contributed by atoms with Crippen molar-refractivity contribution in [1.29, 1.82) is 0 Å². The van der Waals surface area contributed by atoms with Gasteiger partial charge in [-0.15, -0.1) is 0 Å². The predicted molar refractivity (Wildman–Crippen MR) is 70.8 cm³/mol. The van der Waals surface area contributed by atoms with Crippen molar-refractivity contribution in [2.45, 2.75) is 32.5 Å². The molecule has 0 fully saturated rings. The van der Waals surface area contributed by atoms with E-state index >= 15 is 0 Å². The summed E-state index contributed by atoms with van der Waals surface area (Å²) in [6, 6.07) is 7.91. The first kappa shape index (κ1) is 15.2. The van der Waals surface area contributed by atoms with E-state index < -0.39 is 0 Å². The molecule has 16 heavy (non-hydrogen) atoms. The van der Waals surface area contributed by atoms with Crippen molar-refractivity contribution in [2.24, 2.45) is 0 Å². The fraction of sp³-hybridized carbons (Fsp3) is 0.462. The Morgan fingerprint density at radius 3 is 2.12 bits per heavy atom. The topological polar surface area (TPSA) is 26.3 Å². The molecule has 3 heteroatoms. The van der Waals surface area contributed by atoms with Crippen molar-refractivity contribution >= 4 is 21.9 Å². The molecule has 2 nitrogen and oxygen atoms in total. The molecule has 0 unspecified atom stereocenters. The molecule has 0 bridgehead atoms. The number of hydrogen-bond donors (Lipinski definition) is 0. The quantitative estimate of drug-likeness (QED) is 0.623. The largest absolute Gasteiger partial charge is 0.466 e. The van der Waals surface area contributed by atoms with Crippen LogP contribution in [0.1, 0.15) is 31.9 Å². The monoisotopic (exact) mass is 286 g/mol. The average molecular weight is 287 g/mol. The maximum Gasteiger partial charge on any atom is 0.310 e. The Hall–Kier alpha value is -0.830. The van der Waals surface area contributed by atoms with Crippen LogP contribution in [-0.4, -0.2) is 12.6 Å². The summed E-state index contributed by atoms with van der Waals surface area (Å²) in [5.41, 5.74) is 2.20. The van der Waals surface area contributed by atoms with Gasteiger partial charge in [0.1, 0.15) is 0 Å². The van der Waals surface area contributed by atoms with E-state index in [4.69, 9.17) is 4.74 Å². The standard InChI is InChI=1S/C11H13BrO2.C2H6/c1-2-14-11(13)7-9-3-5-10(8-12)6-4-9;1-2/h3-6H,2,7-8H2,1H3;1-2H3. The van der Waals surface area contributed by atoms with Crippen LogP contribution < -0.4 is 0 Å². The van der Waals surface area contributed by atoms with Gasteiger partial charge in [-0.05, 0) is 18.1 Å². The van der Waals surface area contributed by atoms with Crippen LogP contribution in [0.25, 0.3) is 0 Å². The summed E-state index contributed by atoms with van der Waals surface area (Å²) in [7, 11) is 0. The normalized spacial score (nSPS) is 9.00. The molecule has 0 N–H and O–H groups in total. The number of ether oxygens (including phenoxy) is 1. The lowest BCUT2D eigenvalue weighted by atomic mass is 10.1. The van der Waals surface area contributed by atoms with E-state index in [-0.39, 0.29) is 5.97 Å². The Bertz CT molecular complexity index is 293. The first-order valence-corrected chi connectivity index (χ1v) is 6.67. The van der Waals surface area contributed by atoms with Crippen molar-refractivity contribution in [3.63, 3.8) is 0 Å². The smallest absolute Gasteiger partial charge is 0.310 e. The van der Waals surface area contributed by atoms with E-state index in [1.54, 1.807) is 0 Å². The van der Waals surface area contributed by atoms with Gasteiger partial charge in [0.25, 0.3) is 0 Å². The maximum absolute atomic E-state index is 11.1. The third-order valence-electron chi connectivity index (χ3n) is 1.83. The van der Waals surface area contributed by atoms with Crippen molar-refractivity contribution in [2.75, 3.05) is 6.61 Å². The van der Waals surface area contributed by atoms with E-state index in [9.17, 15) is 4.79 Å². The Morgan fingerprint density at radius 1 is 1.19 bits per heavy atom. The van der Waals surface area contributed by atoms with Crippen LogP contribution in [0, 0.1) is 0 Å². The van der Waals surface area contributed by atoms with Crippen molar-refractivity contribution in [1.82, 2.24) is 0 Å². The molecule has 0 radical (unpaired) electrons. The van der Waals surface area contributed by atoms with Crippen LogP contribution in [0.2, 0.25) is 0 Å². The molecule has 1 rings (SSSR count). The SMILES string of the molecule is CC.CCOC(=O)Cc1ccc(CBr)cc1. The maximum atomic E-state index is 11.1. The summed E-state index contributed by atoms with van der Waals surface area (Å²) in [4.78, 5) is 11.1. The van der Waals surface area contributed by atoms with E-state index in [1.165, 1.54) is 5.56 Å². The minimum Gasteiger partial charge on any atom is -0.466 e. The molecule has 0 amide bonds. The predicted octanol–water partition coefficient (Wildman–Crippen LogP) is 3.71. The summed E-state index contributed by atoms with van der Waals surface area (Å²) < 4.78 is 4.85. The Labute approximate surface area is 106 Å². The second-order valence-electron chi connectivity index (χ2n) is 2.93.